The van der Waals surface area contributed by atoms with Gasteiger partial charge < -0.3 is 9.22 Å². The van der Waals surface area contributed by atoms with Gasteiger partial charge in [0.2, 0.25) is 0 Å². The number of carbonyl (C=O) groups is 1. The second-order valence-corrected chi connectivity index (χ2v) is 12.3. The second kappa shape index (κ2) is 10.6. The first-order valence-corrected chi connectivity index (χ1v) is 10.6. The fraction of sp³-hybridized carbons (Fsp3) is 0.941. The summed E-state index contributed by atoms with van der Waals surface area (Å²) in [6.07, 6.45) is 7.61. The fourth-order valence-corrected chi connectivity index (χ4v) is 9.11. The van der Waals surface area contributed by atoms with Gasteiger partial charge in [-0.3, -0.25) is 0 Å². The van der Waals surface area contributed by atoms with E-state index in [0.717, 1.165) is 25.7 Å². The van der Waals surface area contributed by atoms with Gasteiger partial charge in [0.1, 0.15) is 6.29 Å². The molecule has 120 valence electrons. The summed E-state index contributed by atoms with van der Waals surface area (Å²) in [5.74, 6) is 0. The summed E-state index contributed by atoms with van der Waals surface area (Å²) >= 11 is 0. The summed E-state index contributed by atoms with van der Waals surface area (Å²) in [6.45, 7) is 15.0. The standard InChI is InChI=1S/C17H36O2Si/c1-15(2)20(16(3)4,17(5)6)19-14-12-10-8-7-9-11-13-18/h13,15-17H,7-12,14H2,1-6H3. The molecule has 0 amide bonds. The van der Waals surface area contributed by atoms with Crippen LogP contribution in [0.1, 0.15) is 80.1 Å². The molecule has 0 aliphatic carbocycles. The maximum atomic E-state index is 10.2. The van der Waals surface area contributed by atoms with Crippen LogP contribution in [0.2, 0.25) is 16.6 Å². The molecule has 0 aliphatic rings. The average molecular weight is 301 g/mol. The van der Waals surface area contributed by atoms with Crippen molar-refractivity contribution in [3.63, 3.8) is 0 Å². The molecule has 0 aromatic rings. The highest BCUT2D eigenvalue weighted by atomic mass is 28.4. The van der Waals surface area contributed by atoms with E-state index < -0.39 is 8.32 Å². The Balaban J connectivity index is 4.07. The Hall–Kier alpha value is -0.153. The molecule has 0 saturated heterocycles. The van der Waals surface area contributed by atoms with Crippen molar-refractivity contribution in [3.05, 3.63) is 0 Å². The minimum absolute atomic E-state index is 0.676. The highest BCUT2D eigenvalue weighted by Gasteiger charge is 2.44. The summed E-state index contributed by atoms with van der Waals surface area (Å²) in [5.41, 5.74) is 2.03. The number of hydrogen-bond donors (Lipinski definition) is 0. The molecule has 0 aliphatic heterocycles. The third-order valence-corrected chi connectivity index (χ3v) is 10.6. The number of hydrogen-bond acceptors (Lipinski definition) is 2. The van der Waals surface area contributed by atoms with Crippen molar-refractivity contribution in [2.75, 3.05) is 6.61 Å². The van der Waals surface area contributed by atoms with Crippen molar-refractivity contribution in [3.8, 4) is 0 Å². The first kappa shape index (κ1) is 19.8. The smallest absolute Gasteiger partial charge is 0.200 e. The van der Waals surface area contributed by atoms with Crippen LogP contribution in [0.3, 0.4) is 0 Å². The summed E-state index contributed by atoms with van der Waals surface area (Å²) < 4.78 is 6.52. The number of rotatable bonds is 12. The maximum absolute atomic E-state index is 10.2. The molecule has 0 fully saturated rings. The van der Waals surface area contributed by atoms with Crippen molar-refractivity contribution in [1.29, 1.82) is 0 Å². The molecule has 0 N–H and O–H groups in total. The molecule has 0 heterocycles. The first-order chi connectivity index (χ1) is 9.39. The Morgan fingerprint density at radius 2 is 1.25 bits per heavy atom. The Labute approximate surface area is 127 Å². The van der Waals surface area contributed by atoms with E-state index in [1.807, 2.05) is 0 Å². The van der Waals surface area contributed by atoms with Crippen LogP contribution in [-0.2, 0) is 9.22 Å². The number of carbonyl (C=O) groups excluding carboxylic acids is 1. The Bertz CT molecular complexity index is 228. The lowest BCUT2D eigenvalue weighted by Crippen LogP contribution is -2.47. The van der Waals surface area contributed by atoms with Crippen molar-refractivity contribution >= 4 is 14.6 Å². The molecule has 0 aromatic carbocycles. The lowest BCUT2D eigenvalue weighted by atomic mass is 10.1. The highest BCUT2D eigenvalue weighted by Crippen LogP contribution is 2.42. The third-order valence-electron chi connectivity index (χ3n) is 4.53. The molecular formula is C17H36O2Si. The van der Waals surface area contributed by atoms with Gasteiger partial charge in [0.25, 0.3) is 0 Å². The quantitative estimate of drug-likeness (QED) is 0.262. The van der Waals surface area contributed by atoms with Gasteiger partial charge in [0.15, 0.2) is 8.32 Å². The van der Waals surface area contributed by atoms with Crippen LogP contribution in [0.25, 0.3) is 0 Å². The molecule has 0 aromatic heterocycles. The van der Waals surface area contributed by atoms with Crippen molar-refractivity contribution < 1.29 is 9.22 Å². The van der Waals surface area contributed by atoms with E-state index in [-0.39, 0.29) is 0 Å². The summed E-state index contributed by atoms with van der Waals surface area (Å²) in [6, 6.07) is 0. The van der Waals surface area contributed by atoms with Crippen LogP contribution in [-0.4, -0.2) is 21.2 Å². The Kier molecular flexibility index (Phi) is 10.5. The predicted molar refractivity (Wildman–Crippen MR) is 90.8 cm³/mol. The minimum Gasteiger partial charge on any atom is -0.416 e. The molecule has 0 unspecified atom stereocenters. The van der Waals surface area contributed by atoms with Gasteiger partial charge in [0, 0.05) is 13.0 Å². The fourth-order valence-electron chi connectivity index (χ4n) is 3.61. The van der Waals surface area contributed by atoms with E-state index in [0.29, 0.717) is 16.6 Å². The topological polar surface area (TPSA) is 26.3 Å². The number of unbranched alkanes of at least 4 members (excludes halogenated alkanes) is 5. The van der Waals surface area contributed by atoms with Gasteiger partial charge >= 0.3 is 0 Å². The molecule has 3 heteroatoms. The number of aldehydes is 1. The van der Waals surface area contributed by atoms with Gasteiger partial charge in [0.05, 0.1) is 0 Å². The van der Waals surface area contributed by atoms with Crippen LogP contribution in [0, 0.1) is 0 Å². The van der Waals surface area contributed by atoms with Gasteiger partial charge in [-0.05, 0) is 29.5 Å². The van der Waals surface area contributed by atoms with Crippen molar-refractivity contribution in [2.45, 2.75) is 96.7 Å². The van der Waals surface area contributed by atoms with Gasteiger partial charge in [-0.25, -0.2) is 0 Å². The van der Waals surface area contributed by atoms with E-state index >= 15 is 0 Å². The van der Waals surface area contributed by atoms with Crippen molar-refractivity contribution in [2.24, 2.45) is 0 Å². The monoisotopic (exact) mass is 300 g/mol. The van der Waals surface area contributed by atoms with Crippen molar-refractivity contribution in [1.82, 2.24) is 0 Å². The molecule has 0 saturated carbocycles. The average Bonchev–Trinajstić information content (AvgIpc) is 2.35. The van der Waals surface area contributed by atoms with E-state index in [1.54, 1.807) is 0 Å². The maximum Gasteiger partial charge on any atom is 0.200 e. The van der Waals surface area contributed by atoms with Gasteiger partial charge in [-0.15, -0.1) is 0 Å². The van der Waals surface area contributed by atoms with E-state index in [1.165, 1.54) is 25.7 Å². The Morgan fingerprint density at radius 3 is 1.70 bits per heavy atom. The molecule has 0 rings (SSSR count). The van der Waals surface area contributed by atoms with Crippen LogP contribution in [0.15, 0.2) is 0 Å². The van der Waals surface area contributed by atoms with Gasteiger partial charge in [-0.1, -0.05) is 60.8 Å². The predicted octanol–water partition coefficient (Wildman–Crippen LogP) is 5.72. The highest BCUT2D eigenvalue weighted by molar-refractivity contribution is 6.77. The zero-order chi connectivity index (χ0) is 15.6. The normalized spacial score (nSPS) is 12.7. The zero-order valence-corrected chi connectivity index (χ0v) is 15.6. The van der Waals surface area contributed by atoms with E-state index in [4.69, 9.17) is 4.43 Å². The lowest BCUT2D eigenvalue weighted by molar-refractivity contribution is -0.107. The largest absolute Gasteiger partial charge is 0.416 e. The van der Waals surface area contributed by atoms with Crippen LogP contribution < -0.4 is 0 Å². The first-order valence-electron chi connectivity index (χ1n) is 8.47. The van der Waals surface area contributed by atoms with E-state index in [9.17, 15) is 4.79 Å². The Morgan fingerprint density at radius 1 is 0.800 bits per heavy atom. The van der Waals surface area contributed by atoms with Crippen LogP contribution in [0.4, 0.5) is 0 Å². The van der Waals surface area contributed by atoms with Gasteiger partial charge in [-0.2, -0.15) is 0 Å². The lowest BCUT2D eigenvalue weighted by Gasteiger charge is -2.42. The molecule has 0 atom stereocenters. The van der Waals surface area contributed by atoms with Crippen LogP contribution in [0.5, 0.6) is 0 Å². The minimum atomic E-state index is -1.66. The zero-order valence-electron chi connectivity index (χ0n) is 14.6. The molecule has 2 nitrogen and oxygen atoms in total. The SMILES string of the molecule is CC(C)[Si](OCCCCCCCC=O)(C(C)C)C(C)C. The second-order valence-electron chi connectivity index (χ2n) is 6.89. The molecular weight excluding hydrogens is 264 g/mol. The molecule has 20 heavy (non-hydrogen) atoms. The summed E-state index contributed by atoms with van der Waals surface area (Å²) in [7, 11) is -1.66. The summed E-state index contributed by atoms with van der Waals surface area (Å²) in [5, 5.41) is 0. The molecule has 0 spiro atoms. The third kappa shape index (κ3) is 6.09. The van der Waals surface area contributed by atoms with E-state index in [2.05, 4.69) is 41.5 Å². The summed E-state index contributed by atoms with van der Waals surface area (Å²) in [4.78, 5) is 10.2. The molecule has 0 bridgehead atoms. The van der Waals surface area contributed by atoms with Crippen LogP contribution >= 0.6 is 0 Å². The molecule has 0 radical (unpaired) electrons.